The maximum atomic E-state index is 12.0. The highest BCUT2D eigenvalue weighted by atomic mass is 32.2. The number of furan rings is 1. The highest BCUT2D eigenvalue weighted by molar-refractivity contribution is 7.98. The number of ether oxygens (including phenoxy) is 1. The van der Waals surface area contributed by atoms with Gasteiger partial charge in [0.1, 0.15) is 11.5 Å². The van der Waals surface area contributed by atoms with Crippen LogP contribution < -0.4 is 5.32 Å². The van der Waals surface area contributed by atoms with E-state index in [1.807, 2.05) is 6.07 Å². The fourth-order valence-corrected chi connectivity index (χ4v) is 2.23. The molecule has 0 aromatic carbocycles. The molecule has 1 aliphatic rings. The summed E-state index contributed by atoms with van der Waals surface area (Å²) in [5, 5.41) is 3.25. The van der Waals surface area contributed by atoms with Crippen molar-refractivity contribution >= 4 is 11.8 Å². The van der Waals surface area contributed by atoms with Crippen LogP contribution in [-0.2, 0) is 17.0 Å². The minimum Gasteiger partial charge on any atom is -0.464 e. The molecule has 1 saturated carbocycles. The molecule has 0 aliphatic heterocycles. The van der Waals surface area contributed by atoms with Gasteiger partial charge < -0.3 is 14.5 Å². The monoisotopic (exact) mass is 305 g/mol. The van der Waals surface area contributed by atoms with Crippen molar-refractivity contribution in [2.75, 3.05) is 19.8 Å². The van der Waals surface area contributed by atoms with Gasteiger partial charge in [0.05, 0.1) is 12.3 Å². The summed E-state index contributed by atoms with van der Waals surface area (Å²) in [5.74, 6) is 0.0636. The molecule has 1 aromatic rings. The predicted molar refractivity (Wildman–Crippen MR) is 75.9 cm³/mol. The molecule has 0 amide bonds. The Morgan fingerprint density at radius 2 is 2.15 bits per heavy atom. The van der Waals surface area contributed by atoms with Gasteiger partial charge in [-0.25, -0.2) is 0 Å². The topological polar surface area (TPSA) is 34.4 Å². The highest BCUT2D eigenvalue weighted by Gasteiger charge is 2.20. The molecule has 1 aliphatic carbocycles. The molecule has 0 unspecified atom stereocenters. The first-order valence-electron chi connectivity index (χ1n) is 7.00. The smallest absolute Gasteiger partial charge is 0.284 e. The Labute approximate surface area is 122 Å². The zero-order chi connectivity index (χ0) is 14.2. The number of alkyl halides is 2. The minimum atomic E-state index is -2.35. The molecule has 1 heterocycles. The second-order valence-corrected chi connectivity index (χ2v) is 5.97. The number of thioether (sulfide) groups is 1. The third kappa shape index (κ3) is 6.72. The average Bonchev–Trinajstić information content (AvgIpc) is 3.13. The Hall–Kier alpha value is -0.590. The number of halogens is 2. The van der Waals surface area contributed by atoms with Gasteiger partial charge in [0, 0.05) is 13.2 Å². The molecule has 0 saturated heterocycles. The van der Waals surface area contributed by atoms with Crippen LogP contribution >= 0.6 is 11.8 Å². The fourth-order valence-electron chi connectivity index (χ4n) is 1.79. The third-order valence-electron chi connectivity index (χ3n) is 3.06. The van der Waals surface area contributed by atoms with Crippen molar-refractivity contribution in [3.05, 3.63) is 23.7 Å². The summed E-state index contributed by atoms with van der Waals surface area (Å²) < 4.78 is 35.0. The summed E-state index contributed by atoms with van der Waals surface area (Å²) in [6.45, 7) is 3.19. The van der Waals surface area contributed by atoms with Crippen LogP contribution in [0.2, 0.25) is 0 Å². The Bertz CT molecular complexity index is 383. The number of hydrogen-bond donors (Lipinski definition) is 1. The number of nitrogens with one attached hydrogen (secondary N) is 1. The lowest BCUT2D eigenvalue weighted by Crippen LogP contribution is -2.16. The molecule has 0 spiro atoms. The number of hydrogen-bond acceptors (Lipinski definition) is 4. The van der Waals surface area contributed by atoms with Gasteiger partial charge in [-0.2, -0.15) is 8.78 Å². The zero-order valence-electron chi connectivity index (χ0n) is 11.4. The Balaban J connectivity index is 1.48. The molecule has 2 rings (SSSR count). The lowest BCUT2D eigenvalue weighted by atomic mass is 10.4. The van der Waals surface area contributed by atoms with Crippen LogP contribution in [0.4, 0.5) is 8.78 Å². The lowest BCUT2D eigenvalue weighted by molar-refractivity contribution is 0.122. The Morgan fingerprint density at radius 3 is 2.90 bits per heavy atom. The SMILES string of the molecule is FC(F)SCc1ccc(CNCCCOCC2CC2)o1. The maximum Gasteiger partial charge on any atom is 0.284 e. The van der Waals surface area contributed by atoms with Crippen molar-refractivity contribution in [1.82, 2.24) is 5.32 Å². The van der Waals surface area contributed by atoms with E-state index in [4.69, 9.17) is 9.15 Å². The summed E-state index contributed by atoms with van der Waals surface area (Å²) in [6, 6.07) is 3.59. The zero-order valence-corrected chi connectivity index (χ0v) is 12.3. The quantitative estimate of drug-likeness (QED) is 0.633. The fraction of sp³-hybridized carbons (Fsp3) is 0.714. The first-order chi connectivity index (χ1) is 9.74. The number of rotatable bonds is 11. The molecule has 20 heavy (non-hydrogen) atoms. The molecule has 114 valence electrons. The largest absolute Gasteiger partial charge is 0.464 e. The van der Waals surface area contributed by atoms with E-state index < -0.39 is 5.76 Å². The van der Waals surface area contributed by atoms with E-state index in [1.54, 1.807) is 6.07 Å². The van der Waals surface area contributed by atoms with Gasteiger partial charge in [0.2, 0.25) is 0 Å². The first-order valence-corrected chi connectivity index (χ1v) is 8.04. The summed E-state index contributed by atoms with van der Waals surface area (Å²) in [7, 11) is 0. The Kier molecular flexibility index (Phi) is 6.82. The van der Waals surface area contributed by atoms with Crippen molar-refractivity contribution in [2.24, 2.45) is 5.92 Å². The normalized spacial score (nSPS) is 15.2. The first kappa shape index (κ1) is 15.8. The standard InChI is InChI=1S/C14H21F2NO2S/c15-14(16)20-10-13-5-4-12(19-13)8-17-6-1-7-18-9-11-2-3-11/h4-5,11,14,17H,1-3,6-10H2. The van der Waals surface area contributed by atoms with E-state index in [9.17, 15) is 8.78 Å². The van der Waals surface area contributed by atoms with Crippen LogP contribution in [0, 0.1) is 5.92 Å². The second kappa shape index (κ2) is 8.64. The lowest BCUT2D eigenvalue weighted by Gasteiger charge is -2.04. The molecule has 1 fully saturated rings. The second-order valence-electron chi connectivity index (χ2n) is 4.99. The van der Waals surface area contributed by atoms with Crippen LogP contribution in [0.3, 0.4) is 0 Å². The summed E-state index contributed by atoms with van der Waals surface area (Å²) in [6.07, 6.45) is 3.62. The van der Waals surface area contributed by atoms with Crippen LogP contribution in [0.5, 0.6) is 0 Å². The third-order valence-corrected chi connectivity index (χ3v) is 3.76. The highest BCUT2D eigenvalue weighted by Crippen LogP contribution is 2.28. The summed E-state index contributed by atoms with van der Waals surface area (Å²) in [4.78, 5) is 0. The predicted octanol–water partition coefficient (Wildman–Crippen LogP) is 3.64. The van der Waals surface area contributed by atoms with Crippen LogP contribution in [0.15, 0.2) is 16.5 Å². The summed E-state index contributed by atoms with van der Waals surface area (Å²) in [5.41, 5.74) is 0. The van der Waals surface area contributed by atoms with Crippen LogP contribution in [0.25, 0.3) is 0 Å². The van der Waals surface area contributed by atoms with Crippen molar-refractivity contribution in [2.45, 2.75) is 37.3 Å². The van der Waals surface area contributed by atoms with E-state index in [2.05, 4.69) is 5.32 Å². The van der Waals surface area contributed by atoms with Gasteiger partial charge in [-0.15, -0.1) is 0 Å². The van der Waals surface area contributed by atoms with Crippen molar-refractivity contribution in [3.8, 4) is 0 Å². The molecule has 0 bridgehead atoms. The van der Waals surface area contributed by atoms with E-state index in [-0.39, 0.29) is 5.75 Å². The summed E-state index contributed by atoms with van der Waals surface area (Å²) >= 11 is 0.578. The van der Waals surface area contributed by atoms with E-state index in [0.717, 1.165) is 37.9 Å². The molecular formula is C14H21F2NO2S. The molecule has 6 heteroatoms. The maximum absolute atomic E-state index is 12.0. The molecular weight excluding hydrogens is 284 g/mol. The van der Waals surface area contributed by atoms with Crippen LogP contribution in [-0.4, -0.2) is 25.5 Å². The van der Waals surface area contributed by atoms with E-state index >= 15 is 0 Å². The van der Waals surface area contributed by atoms with Gasteiger partial charge in [-0.3, -0.25) is 0 Å². The van der Waals surface area contributed by atoms with E-state index in [1.165, 1.54) is 12.8 Å². The van der Waals surface area contributed by atoms with Gasteiger partial charge in [-0.05, 0) is 43.9 Å². The molecule has 1 N–H and O–H groups in total. The van der Waals surface area contributed by atoms with Crippen molar-refractivity contribution in [3.63, 3.8) is 0 Å². The van der Waals surface area contributed by atoms with E-state index in [0.29, 0.717) is 24.1 Å². The van der Waals surface area contributed by atoms with Gasteiger partial charge >= 0.3 is 0 Å². The van der Waals surface area contributed by atoms with Gasteiger partial charge in [-0.1, -0.05) is 11.8 Å². The van der Waals surface area contributed by atoms with Gasteiger partial charge in [0.15, 0.2) is 0 Å². The van der Waals surface area contributed by atoms with Gasteiger partial charge in [0.25, 0.3) is 5.76 Å². The van der Waals surface area contributed by atoms with Crippen molar-refractivity contribution in [1.29, 1.82) is 0 Å². The molecule has 0 radical (unpaired) electrons. The van der Waals surface area contributed by atoms with Crippen LogP contribution in [0.1, 0.15) is 30.8 Å². The average molecular weight is 305 g/mol. The Morgan fingerprint density at radius 1 is 1.35 bits per heavy atom. The molecule has 3 nitrogen and oxygen atoms in total. The minimum absolute atomic E-state index is 0.215. The molecule has 0 atom stereocenters. The molecule has 1 aromatic heterocycles. The van der Waals surface area contributed by atoms with Crippen molar-refractivity contribution < 1.29 is 17.9 Å².